The van der Waals surface area contributed by atoms with E-state index in [1.165, 1.54) is 6.07 Å². The highest BCUT2D eigenvalue weighted by Gasteiger charge is 2.72. The molecule has 1 aromatic carbocycles. The second-order valence-electron chi connectivity index (χ2n) is 7.26. The summed E-state index contributed by atoms with van der Waals surface area (Å²) < 4.78 is 28.8. The van der Waals surface area contributed by atoms with Crippen LogP contribution < -0.4 is 0 Å². The van der Waals surface area contributed by atoms with E-state index in [2.05, 4.69) is 0 Å². The van der Waals surface area contributed by atoms with Crippen LogP contribution in [0.15, 0.2) is 29.8 Å². The van der Waals surface area contributed by atoms with Crippen LogP contribution in [0.4, 0.5) is 0 Å². The van der Waals surface area contributed by atoms with Crippen molar-refractivity contribution in [2.45, 2.75) is 29.5 Å². The molecule has 2 heterocycles. The molecule has 12 nitrogen and oxygen atoms in total. The molecule has 2 aliphatic rings. The smallest absolute Gasteiger partial charge is 0.328 e. The quantitative estimate of drug-likeness (QED) is 0.178. The molecule has 166 valence electrons. The molecule has 0 aliphatic carbocycles. The third-order valence-corrected chi connectivity index (χ3v) is 7.93. The molecule has 13 heteroatoms. The molecule has 2 aliphatic heterocycles. The number of sulfone groups is 1. The number of phenols is 2. The number of amides is 1. The molecule has 2 saturated heterocycles. The molecule has 3 rings (SSSR count). The fraction of sp³-hybridized carbons (Fsp3) is 0.333. The van der Waals surface area contributed by atoms with Crippen molar-refractivity contribution < 1.29 is 52.8 Å². The van der Waals surface area contributed by atoms with Gasteiger partial charge in [0.1, 0.15) is 11.4 Å². The van der Waals surface area contributed by atoms with Gasteiger partial charge >= 0.3 is 17.9 Å². The molecule has 0 radical (unpaired) electrons. The number of benzene rings is 1. The Balaban J connectivity index is 1.85. The van der Waals surface area contributed by atoms with Gasteiger partial charge in [-0.2, -0.15) is 0 Å². The number of esters is 1. The molecule has 0 spiro atoms. The minimum Gasteiger partial charge on any atom is -0.504 e. The van der Waals surface area contributed by atoms with E-state index < -0.39 is 79.9 Å². The standard InChI is InChI=1S/C18H17NO11S/c1-18(7-30-13(24)5-8-2-3-10(20)11(21)4-8)14(17(26)27)19-15(25)9(6-12(22)23)16(19)31(18,28)29/h2-4,6,14,16,20-21H,5,7H2,1H3,(H,22,23)(H,26,27)/b9-6-/t14-,16?,18-/m0/s1. The van der Waals surface area contributed by atoms with Crippen molar-refractivity contribution in [3.05, 3.63) is 35.4 Å². The normalized spacial score (nSPS) is 27.5. The monoisotopic (exact) mass is 455 g/mol. The summed E-state index contributed by atoms with van der Waals surface area (Å²) in [5, 5.41) is 35.4. The summed E-state index contributed by atoms with van der Waals surface area (Å²) >= 11 is 0. The van der Waals surface area contributed by atoms with Crippen molar-refractivity contribution in [3.8, 4) is 11.5 Å². The number of aliphatic carboxylic acids is 2. The lowest BCUT2D eigenvalue weighted by Gasteiger charge is -2.37. The number of carbonyl (C=O) groups excluding carboxylic acids is 2. The molecular weight excluding hydrogens is 438 g/mol. The first-order valence-electron chi connectivity index (χ1n) is 8.71. The van der Waals surface area contributed by atoms with Gasteiger partial charge in [0.25, 0.3) is 5.91 Å². The number of fused-ring (bicyclic) bond motifs is 1. The Kier molecular flexibility index (Phi) is 5.18. The zero-order valence-corrected chi connectivity index (χ0v) is 16.7. The second-order valence-corrected chi connectivity index (χ2v) is 9.73. The first-order valence-corrected chi connectivity index (χ1v) is 10.3. The van der Waals surface area contributed by atoms with Crippen LogP contribution >= 0.6 is 0 Å². The topological polar surface area (TPSA) is 196 Å². The van der Waals surface area contributed by atoms with Gasteiger partial charge in [0.05, 0.1) is 12.0 Å². The minimum atomic E-state index is -4.49. The third-order valence-electron chi connectivity index (χ3n) is 5.22. The maximum atomic E-state index is 13.0. The number of rotatable bonds is 6. The molecule has 1 amide bonds. The van der Waals surface area contributed by atoms with Crippen LogP contribution in [0.3, 0.4) is 0 Å². The maximum absolute atomic E-state index is 13.0. The lowest BCUT2D eigenvalue weighted by Crippen LogP contribution is -2.59. The van der Waals surface area contributed by atoms with Gasteiger partial charge in [-0.25, -0.2) is 18.0 Å². The second kappa shape index (κ2) is 7.27. The number of carboxylic acid groups (broad SMARTS) is 2. The van der Waals surface area contributed by atoms with Gasteiger partial charge in [-0.1, -0.05) is 6.07 Å². The fourth-order valence-corrected chi connectivity index (χ4v) is 5.93. The Morgan fingerprint density at radius 1 is 1.19 bits per heavy atom. The number of hydrogen-bond acceptors (Lipinski definition) is 9. The molecule has 4 N–H and O–H groups in total. The molecule has 1 unspecified atom stereocenters. The van der Waals surface area contributed by atoms with Crippen LogP contribution in [0.25, 0.3) is 0 Å². The summed E-state index contributed by atoms with van der Waals surface area (Å²) in [5.74, 6) is -6.11. The summed E-state index contributed by atoms with van der Waals surface area (Å²) in [4.78, 5) is 47.6. The number of ether oxygens (including phenoxy) is 1. The van der Waals surface area contributed by atoms with Crippen LogP contribution in [0, 0.1) is 0 Å². The van der Waals surface area contributed by atoms with Crippen molar-refractivity contribution in [1.29, 1.82) is 0 Å². The van der Waals surface area contributed by atoms with Crippen molar-refractivity contribution in [2.24, 2.45) is 0 Å². The SMILES string of the molecule is C[C@]1(COC(=O)Cc2ccc(O)c(O)c2)[C@H](C(=O)O)N2C(=O)/C(=C/C(=O)O)C2S1(=O)=O. The van der Waals surface area contributed by atoms with Crippen LogP contribution in [0.2, 0.25) is 0 Å². The first kappa shape index (κ1) is 22.1. The molecular formula is C18H17NO11S. The minimum absolute atomic E-state index is 0.236. The summed E-state index contributed by atoms with van der Waals surface area (Å²) in [7, 11) is -4.49. The highest BCUT2D eigenvalue weighted by molar-refractivity contribution is 7.94. The predicted octanol–water partition coefficient (Wildman–Crippen LogP) is -0.997. The fourth-order valence-electron chi connectivity index (χ4n) is 3.65. The van der Waals surface area contributed by atoms with E-state index in [9.17, 15) is 42.9 Å². The van der Waals surface area contributed by atoms with Gasteiger partial charge in [0.15, 0.2) is 32.8 Å². The molecule has 0 aromatic heterocycles. The molecule has 0 saturated carbocycles. The van der Waals surface area contributed by atoms with Crippen LogP contribution in [0.1, 0.15) is 12.5 Å². The number of aromatic hydroxyl groups is 2. The summed E-state index contributed by atoms with van der Waals surface area (Å²) in [6, 6.07) is 1.65. The summed E-state index contributed by atoms with van der Waals surface area (Å²) in [6.07, 6.45) is -0.00699. The largest absolute Gasteiger partial charge is 0.504 e. The predicted molar refractivity (Wildman–Crippen MR) is 99.5 cm³/mol. The van der Waals surface area contributed by atoms with Crippen LogP contribution in [-0.2, 0) is 40.2 Å². The summed E-state index contributed by atoms with van der Waals surface area (Å²) in [6.45, 7) is 0.0978. The average molecular weight is 455 g/mol. The molecule has 31 heavy (non-hydrogen) atoms. The molecule has 0 bridgehead atoms. The summed E-state index contributed by atoms with van der Waals surface area (Å²) in [5.41, 5.74) is -0.339. The Bertz CT molecular complexity index is 1140. The Morgan fingerprint density at radius 2 is 1.84 bits per heavy atom. The van der Waals surface area contributed by atoms with Gasteiger partial charge in [-0.15, -0.1) is 0 Å². The number of hydrogen-bond donors (Lipinski definition) is 4. The van der Waals surface area contributed by atoms with Crippen LogP contribution in [-0.4, -0.2) is 80.3 Å². The van der Waals surface area contributed by atoms with Crippen molar-refractivity contribution >= 4 is 33.7 Å². The molecule has 2 fully saturated rings. The first-order chi connectivity index (χ1) is 14.3. The highest BCUT2D eigenvalue weighted by Crippen LogP contribution is 2.48. The van der Waals surface area contributed by atoms with Crippen molar-refractivity contribution in [3.63, 3.8) is 0 Å². The number of carboxylic acids is 2. The van der Waals surface area contributed by atoms with Gasteiger partial charge < -0.3 is 30.1 Å². The van der Waals surface area contributed by atoms with E-state index in [0.717, 1.165) is 19.1 Å². The van der Waals surface area contributed by atoms with Gasteiger partial charge in [-0.05, 0) is 24.6 Å². The maximum Gasteiger partial charge on any atom is 0.328 e. The Labute approximate surface area is 174 Å². The van der Waals surface area contributed by atoms with E-state index in [1.807, 2.05) is 0 Å². The number of carbonyl (C=O) groups is 4. The van der Waals surface area contributed by atoms with Gasteiger partial charge in [0.2, 0.25) is 0 Å². The number of nitrogens with zero attached hydrogens (tertiary/aromatic N) is 1. The number of phenolic OH excluding ortho intramolecular Hbond substituents is 2. The lowest BCUT2D eigenvalue weighted by molar-refractivity contribution is -0.155. The molecule has 3 atom stereocenters. The third kappa shape index (κ3) is 3.36. The van der Waals surface area contributed by atoms with E-state index in [-0.39, 0.29) is 5.56 Å². The lowest BCUT2D eigenvalue weighted by atomic mass is 9.94. The molecule has 1 aromatic rings. The Hall–Kier alpha value is -3.61. The van der Waals surface area contributed by atoms with Gasteiger partial charge in [-0.3, -0.25) is 9.59 Å². The zero-order valence-electron chi connectivity index (χ0n) is 15.9. The van der Waals surface area contributed by atoms with Crippen molar-refractivity contribution in [2.75, 3.05) is 6.61 Å². The number of β-lactam (4-membered cyclic amide) rings is 1. The van der Waals surface area contributed by atoms with Crippen molar-refractivity contribution in [1.82, 2.24) is 4.90 Å². The zero-order chi connectivity index (χ0) is 23.3. The van der Waals surface area contributed by atoms with E-state index in [4.69, 9.17) is 9.84 Å². The Morgan fingerprint density at radius 3 is 2.39 bits per heavy atom. The van der Waals surface area contributed by atoms with Gasteiger partial charge in [0, 0.05) is 6.08 Å². The van der Waals surface area contributed by atoms with Crippen LogP contribution in [0.5, 0.6) is 11.5 Å². The van der Waals surface area contributed by atoms with E-state index in [0.29, 0.717) is 11.0 Å². The van der Waals surface area contributed by atoms with E-state index >= 15 is 0 Å². The average Bonchev–Trinajstić information content (AvgIpc) is 2.83. The highest BCUT2D eigenvalue weighted by atomic mass is 32.2. The van der Waals surface area contributed by atoms with E-state index in [1.54, 1.807) is 0 Å².